The van der Waals surface area contributed by atoms with Crippen molar-refractivity contribution in [3.8, 4) is 0 Å². The molecule has 0 radical (unpaired) electrons. The molecule has 0 aromatic heterocycles. The first-order valence-electron chi connectivity index (χ1n) is 8.13. The van der Waals surface area contributed by atoms with E-state index in [1.807, 2.05) is 6.07 Å². The lowest BCUT2D eigenvalue weighted by Crippen LogP contribution is -2.24. The Morgan fingerprint density at radius 2 is 1.69 bits per heavy atom. The third-order valence-corrected chi connectivity index (χ3v) is 5.86. The van der Waals surface area contributed by atoms with Crippen LogP contribution in [0.2, 0.25) is 0 Å². The van der Waals surface area contributed by atoms with Gasteiger partial charge in [-0.3, -0.25) is 9.62 Å². The van der Waals surface area contributed by atoms with Crippen molar-refractivity contribution < 1.29 is 21.6 Å². The average molecular weight is 384 g/mol. The van der Waals surface area contributed by atoms with E-state index in [0.717, 1.165) is 41.9 Å². The van der Waals surface area contributed by atoms with E-state index in [-0.39, 0.29) is 4.90 Å². The number of fused-ring (bicyclic) bond motifs is 1. The molecule has 1 heterocycles. The molecule has 0 atom stereocenters. The van der Waals surface area contributed by atoms with E-state index in [0.29, 0.717) is 18.3 Å². The van der Waals surface area contributed by atoms with Gasteiger partial charge in [0, 0.05) is 19.1 Å². The van der Waals surface area contributed by atoms with Gasteiger partial charge in [0.15, 0.2) is 0 Å². The molecule has 140 valence electrons. The fourth-order valence-electron chi connectivity index (χ4n) is 2.93. The Kier molecular flexibility index (Phi) is 4.74. The summed E-state index contributed by atoms with van der Waals surface area (Å²) in [6, 6.07) is 9.19. The maximum absolute atomic E-state index is 12.6. The highest BCUT2D eigenvalue weighted by Crippen LogP contribution is 2.33. The van der Waals surface area contributed by atoms with Crippen molar-refractivity contribution in [1.82, 2.24) is 4.90 Å². The molecular weight excluding hydrogens is 365 g/mol. The minimum atomic E-state index is -4.50. The summed E-state index contributed by atoms with van der Waals surface area (Å²) in [6.45, 7) is 5.50. The third kappa shape index (κ3) is 3.71. The lowest BCUT2D eigenvalue weighted by molar-refractivity contribution is -0.137. The first-order chi connectivity index (χ1) is 12.1. The molecule has 0 bridgehead atoms. The second-order valence-corrected chi connectivity index (χ2v) is 8.25. The predicted octanol–water partition coefficient (Wildman–Crippen LogP) is 4.23. The third-order valence-electron chi connectivity index (χ3n) is 4.47. The molecule has 2 aromatic carbocycles. The summed E-state index contributed by atoms with van der Waals surface area (Å²) in [4.78, 5) is 2.00. The molecule has 0 saturated heterocycles. The number of rotatable bonds is 4. The van der Waals surface area contributed by atoms with Crippen molar-refractivity contribution in [2.24, 2.45) is 0 Å². The minimum absolute atomic E-state index is 0.207. The van der Waals surface area contributed by atoms with Crippen LogP contribution in [0.25, 0.3) is 0 Å². The Morgan fingerprint density at radius 3 is 2.27 bits per heavy atom. The van der Waals surface area contributed by atoms with Crippen molar-refractivity contribution >= 4 is 15.7 Å². The molecule has 0 saturated carbocycles. The van der Waals surface area contributed by atoms with E-state index in [1.54, 1.807) is 12.1 Å². The van der Waals surface area contributed by atoms with E-state index in [2.05, 4.69) is 23.5 Å². The van der Waals surface area contributed by atoms with Gasteiger partial charge < -0.3 is 0 Å². The van der Waals surface area contributed by atoms with Crippen molar-refractivity contribution in [1.29, 1.82) is 0 Å². The zero-order valence-corrected chi connectivity index (χ0v) is 15.2. The zero-order valence-electron chi connectivity index (χ0n) is 14.3. The molecule has 2 aromatic rings. The lowest BCUT2D eigenvalue weighted by atomic mass is 10.1. The van der Waals surface area contributed by atoms with E-state index in [9.17, 15) is 21.6 Å². The molecule has 0 fully saturated rings. The first kappa shape index (κ1) is 18.7. The Hall–Kier alpha value is -2.06. The SMILES string of the molecule is CC(C)N1Cc2cccc(NS(=O)(=O)c3ccc(C(F)(F)F)cc3)c2C1. The van der Waals surface area contributed by atoms with Gasteiger partial charge in [-0.05, 0) is 55.3 Å². The van der Waals surface area contributed by atoms with Crippen LogP contribution < -0.4 is 4.72 Å². The lowest BCUT2D eigenvalue weighted by Gasteiger charge is -2.19. The van der Waals surface area contributed by atoms with Crippen molar-refractivity contribution in [2.45, 2.75) is 44.1 Å². The minimum Gasteiger partial charge on any atom is -0.292 e. The number of nitrogens with zero attached hydrogens (tertiary/aromatic N) is 1. The van der Waals surface area contributed by atoms with Gasteiger partial charge in [-0.15, -0.1) is 0 Å². The fourth-order valence-corrected chi connectivity index (χ4v) is 4.03. The highest BCUT2D eigenvalue weighted by atomic mass is 32.2. The Morgan fingerprint density at radius 1 is 1.04 bits per heavy atom. The summed E-state index contributed by atoms with van der Waals surface area (Å²) in [5.74, 6) is 0. The highest BCUT2D eigenvalue weighted by Gasteiger charge is 2.31. The second-order valence-electron chi connectivity index (χ2n) is 6.57. The summed E-state index contributed by atoms with van der Waals surface area (Å²) in [5, 5.41) is 0. The van der Waals surface area contributed by atoms with Crippen LogP contribution >= 0.6 is 0 Å². The van der Waals surface area contributed by atoms with Crippen LogP contribution in [-0.2, 0) is 29.3 Å². The van der Waals surface area contributed by atoms with Crippen molar-refractivity contribution in [3.05, 3.63) is 59.2 Å². The number of nitrogens with one attached hydrogen (secondary N) is 1. The zero-order chi connectivity index (χ0) is 19.1. The van der Waals surface area contributed by atoms with Crippen LogP contribution in [0.4, 0.5) is 18.9 Å². The molecule has 0 aliphatic carbocycles. The molecule has 26 heavy (non-hydrogen) atoms. The smallest absolute Gasteiger partial charge is 0.292 e. The topological polar surface area (TPSA) is 49.4 Å². The molecule has 4 nitrogen and oxygen atoms in total. The van der Waals surface area contributed by atoms with Gasteiger partial charge >= 0.3 is 6.18 Å². The van der Waals surface area contributed by atoms with E-state index in [1.165, 1.54) is 0 Å². The molecule has 1 aliphatic heterocycles. The number of anilines is 1. The maximum atomic E-state index is 12.6. The standard InChI is InChI=1S/C18H19F3N2O2S/c1-12(2)23-10-13-4-3-5-17(16(13)11-23)22-26(24,25)15-8-6-14(7-9-15)18(19,20)21/h3-9,12,22H,10-11H2,1-2H3. The quantitative estimate of drug-likeness (QED) is 0.858. The molecule has 0 amide bonds. The largest absolute Gasteiger partial charge is 0.416 e. The van der Waals surface area contributed by atoms with Crippen LogP contribution in [-0.4, -0.2) is 19.4 Å². The molecule has 0 unspecified atom stereocenters. The highest BCUT2D eigenvalue weighted by molar-refractivity contribution is 7.92. The summed E-state index contributed by atoms with van der Waals surface area (Å²) < 4.78 is 65.6. The summed E-state index contributed by atoms with van der Waals surface area (Å²) in [5.41, 5.74) is 1.53. The van der Waals surface area contributed by atoms with Gasteiger partial charge in [-0.2, -0.15) is 13.2 Å². The van der Waals surface area contributed by atoms with Crippen LogP contribution in [0.15, 0.2) is 47.4 Å². The van der Waals surface area contributed by atoms with Crippen molar-refractivity contribution in [3.63, 3.8) is 0 Å². The first-order valence-corrected chi connectivity index (χ1v) is 9.61. The number of alkyl halides is 3. The van der Waals surface area contributed by atoms with E-state index < -0.39 is 21.8 Å². The normalized spacial score (nSPS) is 15.3. The number of sulfonamides is 1. The van der Waals surface area contributed by atoms with Gasteiger partial charge in [0.2, 0.25) is 0 Å². The van der Waals surface area contributed by atoms with Crippen LogP contribution in [0.3, 0.4) is 0 Å². The number of halogens is 3. The summed E-state index contributed by atoms with van der Waals surface area (Å²) in [7, 11) is -3.97. The van der Waals surface area contributed by atoms with Gasteiger partial charge in [0.1, 0.15) is 0 Å². The fraction of sp³-hybridized carbons (Fsp3) is 0.333. The molecule has 8 heteroatoms. The van der Waals surface area contributed by atoms with E-state index in [4.69, 9.17) is 0 Å². The predicted molar refractivity (Wildman–Crippen MR) is 93.1 cm³/mol. The number of benzene rings is 2. The van der Waals surface area contributed by atoms with Gasteiger partial charge in [-0.1, -0.05) is 12.1 Å². The molecule has 1 N–H and O–H groups in total. The summed E-state index contributed by atoms with van der Waals surface area (Å²) in [6.07, 6.45) is -4.50. The Balaban J connectivity index is 1.87. The average Bonchev–Trinajstić information content (AvgIpc) is 2.99. The van der Waals surface area contributed by atoms with Gasteiger partial charge in [0.25, 0.3) is 10.0 Å². The molecule has 0 spiro atoms. The van der Waals surface area contributed by atoms with Crippen LogP contribution in [0.1, 0.15) is 30.5 Å². The monoisotopic (exact) mass is 384 g/mol. The molecular formula is C18H19F3N2O2S. The second kappa shape index (κ2) is 6.59. The van der Waals surface area contributed by atoms with Crippen molar-refractivity contribution in [2.75, 3.05) is 4.72 Å². The number of hydrogen-bond acceptors (Lipinski definition) is 3. The summed E-state index contributed by atoms with van der Waals surface area (Å²) >= 11 is 0. The van der Waals surface area contributed by atoms with E-state index >= 15 is 0 Å². The van der Waals surface area contributed by atoms with Gasteiger partial charge in [0.05, 0.1) is 16.1 Å². The molecule has 3 rings (SSSR count). The Bertz CT molecular complexity index is 907. The Labute approximate surface area is 150 Å². The van der Waals surface area contributed by atoms with Crippen LogP contribution in [0, 0.1) is 0 Å². The maximum Gasteiger partial charge on any atom is 0.416 e. The van der Waals surface area contributed by atoms with Crippen LogP contribution in [0.5, 0.6) is 0 Å². The number of hydrogen-bond donors (Lipinski definition) is 1. The van der Waals surface area contributed by atoms with Gasteiger partial charge in [-0.25, -0.2) is 8.42 Å². The molecule has 1 aliphatic rings.